The number of pyridine rings is 1. The molecule has 0 aromatic carbocycles. The molecule has 7 heteroatoms. The van der Waals surface area contributed by atoms with Crippen LogP contribution in [0.2, 0.25) is 5.02 Å². The van der Waals surface area contributed by atoms with Gasteiger partial charge in [-0.2, -0.15) is 13.2 Å². The van der Waals surface area contributed by atoms with Crippen LogP contribution < -0.4 is 0 Å². The van der Waals surface area contributed by atoms with Gasteiger partial charge in [0.1, 0.15) is 0 Å². The zero-order valence-electron chi connectivity index (χ0n) is 6.93. The van der Waals surface area contributed by atoms with E-state index < -0.39 is 21.2 Å². The van der Waals surface area contributed by atoms with Crippen LogP contribution in [-0.4, -0.2) is 14.7 Å². The van der Waals surface area contributed by atoms with Gasteiger partial charge in [0.2, 0.25) is 0 Å². The largest absolute Gasteiger partial charge is 0.475 e. The first-order chi connectivity index (χ1) is 6.32. The fraction of sp³-hybridized carbons (Fsp3) is 0.286. The number of hydrogen-bond donors (Lipinski definition) is 0. The quantitative estimate of drug-likeness (QED) is 0.759. The number of aryl methyl sites for hydroxylation is 1. The van der Waals surface area contributed by atoms with Gasteiger partial charge in [0, 0.05) is 6.20 Å². The molecule has 0 spiro atoms. The Labute approximate surface area is 85.6 Å². The Morgan fingerprint density at radius 3 is 2.50 bits per heavy atom. The highest BCUT2D eigenvalue weighted by Gasteiger charge is 2.38. The first kappa shape index (κ1) is 11.5. The summed E-state index contributed by atoms with van der Waals surface area (Å²) in [4.78, 5) is 3.15. The van der Waals surface area contributed by atoms with Crippen molar-refractivity contribution in [2.24, 2.45) is 0 Å². The summed E-state index contributed by atoms with van der Waals surface area (Å²) < 4.78 is 46.8. The SMILES string of the molecule is Cc1ncc(S(=O)C(F)(F)F)cc1Cl. The van der Waals surface area contributed by atoms with E-state index in [4.69, 9.17) is 11.6 Å². The van der Waals surface area contributed by atoms with Gasteiger partial charge in [-0.25, -0.2) is 4.21 Å². The number of nitrogens with zero attached hydrogens (tertiary/aromatic N) is 1. The highest BCUT2D eigenvalue weighted by molar-refractivity contribution is 7.86. The summed E-state index contributed by atoms with van der Waals surface area (Å²) in [5, 5.41) is 0.0695. The fourth-order valence-electron chi connectivity index (χ4n) is 0.724. The molecule has 0 aliphatic heterocycles. The summed E-state index contributed by atoms with van der Waals surface area (Å²) in [5.74, 6) is 0. The molecule has 1 aromatic heterocycles. The lowest BCUT2D eigenvalue weighted by Crippen LogP contribution is -2.16. The van der Waals surface area contributed by atoms with E-state index in [0.29, 0.717) is 5.69 Å². The molecule has 0 saturated carbocycles. The van der Waals surface area contributed by atoms with Crippen LogP contribution in [0.4, 0.5) is 13.2 Å². The summed E-state index contributed by atoms with van der Waals surface area (Å²) in [5.41, 5.74) is -4.38. The third-order valence-electron chi connectivity index (χ3n) is 1.42. The molecule has 1 heterocycles. The monoisotopic (exact) mass is 243 g/mol. The summed E-state index contributed by atoms with van der Waals surface area (Å²) in [6.45, 7) is 1.54. The maximum atomic E-state index is 12.0. The van der Waals surface area contributed by atoms with Crippen molar-refractivity contribution >= 4 is 22.4 Å². The fourth-order valence-corrected chi connectivity index (χ4v) is 1.60. The van der Waals surface area contributed by atoms with Gasteiger partial charge >= 0.3 is 5.51 Å². The van der Waals surface area contributed by atoms with Gasteiger partial charge in [-0.05, 0) is 13.0 Å². The van der Waals surface area contributed by atoms with Crippen molar-refractivity contribution in [3.05, 3.63) is 23.0 Å². The molecule has 0 amide bonds. The van der Waals surface area contributed by atoms with E-state index in [-0.39, 0.29) is 5.02 Å². The second-order valence-corrected chi connectivity index (χ2v) is 4.33. The van der Waals surface area contributed by atoms with E-state index in [9.17, 15) is 17.4 Å². The third-order valence-corrected chi connectivity index (χ3v) is 2.88. The lowest BCUT2D eigenvalue weighted by molar-refractivity contribution is -0.0384. The van der Waals surface area contributed by atoms with Crippen molar-refractivity contribution in [1.29, 1.82) is 0 Å². The maximum absolute atomic E-state index is 12.0. The van der Waals surface area contributed by atoms with Crippen LogP contribution in [-0.2, 0) is 10.8 Å². The Kier molecular flexibility index (Phi) is 3.16. The second-order valence-electron chi connectivity index (χ2n) is 2.45. The Bertz CT molecular complexity index is 380. The van der Waals surface area contributed by atoms with Gasteiger partial charge in [-0.1, -0.05) is 11.6 Å². The molecule has 1 unspecified atom stereocenters. The lowest BCUT2D eigenvalue weighted by Gasteiger charge is -2.06. The zero-order valence-corrected chi connectivity index (χ0v) is 8.50. The molecule has 0 saturated heterocycles. The van der Waals surface area contributed by atoms with Gasteiger partial charge in [0.15, 0.2) is 10.8 Å². The molecule has 1 atom stereocenters. The van der Waals surface area contributed by atoms with Crippen molar-refractivity contribution in [2.75, 3.05) is 0 Å². The summed E-state index contributed by atoms with van der Waals surface area (Å²) in [6, 6.07) is 1.01. The molecule has 78 valence electrons. The molecular weight excluding hydrogens is 239 g/mol. The van der Waals surface area contributed by atoms with Gasteiger partial charge < -0.3 is 0 Å². The van der Waals surface area contributed by atoms with E-state index in [2.05, 4.69) is 4.98 Å². The molecule has 0 aliphatic rings. The lowest BCUT2D eigenvalue weighted by atomic mass is 10.4. The van der Waals surface area contributed by atoms with Gasteiger partial charge in [0.05, 0.1) is 15.6 Å². The first-order valence-electron chi connectivity index (χ1n) is 3.43. The molecule has 0 radical (unpaired) electrons. The minimum absolute atomic E-state index is 0.0695. The minimum Gasteiger partial charge on any atom is -0.259 e. The zero-order chi connectivity index (χ0) is 10.9. The average molecular weight is 244 g/mol. The van der Waals surface area contributed by atoms with Crippen LogP contribution in [0.15, 0.2) is 17.2 Å². The number of rotatable bonds is 1. The van der Waals surface area contributed by atoms with Gasteiger partial charge in [-0.3, -0.25) is 4.98 Å². The van der Waals surface area contributed by atoms with E-state index in [1.807, 2.05) is 0 Å². The molecule has 2 nitrogen and oxygen atoms in total. The highest BCUT2D eigenvalue weighted by atomic mass is 35.5. The van der Waals surface area contributed by atoms with Crippen molar-refractivity contribution < 1.29 is 17.4 Å². The summed E-state index contributed by atoms with van der Waals surface area (Å²) in [6.07, 6.45) is 0.908. The molecule has 0 aliphatic carbocycles. The number of halogens is 4. The van der Waals surface area contributed by atoms with E-state index in [1.54, 1.807) is 6.92 Å². The van der Waals surface area contributed by atoms with Crippen molar-refractivity contribution in [3.63, 3.8) is 0 Å². The Hall–Kier alpha value is -0.620. The van der Waals surface area contributed by atoms with E-state index >= 15 is 0 Å². The number of hydrogen-bond acceptors (Lipinski definition) is 2. The number of aromatic nitrogens is 1. The van der Waals surface area contributed by atoms with E-state index in [1.165, 1.54) is 0 Å². The van der Waals surface area contributed by atoms with E-state index in [0.717, 1.165) is 12.3 Å². The normalized spacial score (nSPS) is 14.1. The summed E-state index contributed by atoms with van der Waals surface area (Å²) in [7, 11) is -3.07. The smallest absolute Gasteiger partial charge is 0.259 e. The Balaban J connectivity index is 3.10. The van der Waals surface area contributed by atoms with Crippen LogP contribution in [0.25, 0.3) is 0 Å². The van der Waals surface area contributed by atoms with Crippen molar-refractivity contribution in [1.82, 2.24) is 4.98 Å². The standard InChI is InChI=1S/C7H5ClF3NOS/c1-4-6(8)2-5(3-12-4)14(13)7(9,10)11/h2-3H,1H3. The Morgan fingerprint density at radius 1 is 1.50 bits per heavy atom. The first-order valence-corrected chi connectivity index (χ1v) is 4.96. The van der Waals surface area contributed by atoms with Crippen LogP contribution in [0, 0.1) is 6.92 Å². The molecule has 0 N–H and O–H groups in total. The molecule has 0 bridgehead atoms. The second kappa shape index (κ2) is 3.86. The van der Waals surface area contributed by atoms with Gasteiger partial charge in [0.25, 0.3) is 0 Å². The maximum Gasteiger partial charge on any atom is 0.475 e. The number of alkyl halides is 3. The topological polar surface area (TPSA) is 30.0 Å². The molecule has 1 aromatic rings. The Morgan fingerprint density at radius 2 is 2.07 bits per heavy atom. The van der Waals surface area contributed by atoms with Crippen LogP contribution in [0.5, 0.6) is 0 Å². The molecular formula is C7H5ClF3NOS. The van der Waals surface area contributed by atoms with Crippen molar-refractivity contribution in [3.8, 4) is 0 Å². The predicted octanol–water partition coefficient (Wildman–Crippen LogP) is 2.67. The predicted molar refractivity (Wildman–Crippen MR) is 46.4 cm³/mol. The highest BCUT2D eigenvalue weighted by Crippen LogP contribution is 2.27. The minimum atomic E-state index is -4.78. The molecule has 0 fully saturated rings. The third kappa shape index (κ3) is 2.45. The average Bonchev–Trinajstić information content (AvgIpc) is 2.07. The van der Waals surface area contributed by atoms with Crippen molar-refractivity contribution in [2.45, 2.75) is 17.3 Å². The van der Waals surface area contributed by atoms with Crippen LogP contribution >= 0.6 is 11.6 Å². The summed E-state index contributed by atoms with van der Waals surface area (Å²) >= 11 is 5.54. The molecule has 1 rings (SSSR count). The molecule has 14 heavy (non-hydrogen) atoms. The van der Waals surface area contributed by atoms with Gasteiger partial charge in [-0.15, -0.1) is 0 Å². The van der Waals surface area contributed by atoms with Crippen LogP contribution in [0.1, 0.15) is 5.69 Å². The van der Waals surface area contributed by atoms with Crippen LogP contribution in [0.3, 0.4) is 0 Å².